The predicted molar refractivity (Wildman–Crippen MR) is 77.5 cm³/mol. The minimum atomic E-state index is 0.180. The fourth-order valence-corrected chi connectivity index (χ4v) is 2.28. The highest BCUT2D eigenvalue weighted by Crippen LogP contribution is 2.32. The first kappa shape index (κ1) is 12.2. The van der Waals surface area contributed by atoms with Gasteiger partial charge in [0.1, 0.15) is 0 Å². The third-order valence-electron chi connectivity index (χ3n) is 2.30. The van der Waals surface area contributed by atoms with Crippen LogP contribution in [0.25, 0.3) is 11.1 Å². The van der Waals surface area contributed by atoms with Crippen LogP contribution in [0.4, 0.5) is 0 Å². The maximum Gasteiger partial charge on any atom is 0.0946 e. The van der Waals surface area contributed by atoms with Crippen LogP contribution in [-0.2, 0) is 0 Å². The standard InChI is InChI=1S/C13H9Br2Cl/c14-13(15)11-5-1-3-9(7-11)10-4-2-6-12(16)8-10/h1-8,13H. The smallest absolute Gasteiger partial charge is 0.0843 e. The Hall–Kier alpha value is -0.310. The Morgan fingerprint density at radius 2 is 1.50 bits per heavy atom. The summed E-state index contributed by atoms with van der Waals surface area (Å²) < 4.78 is 0.180. The lowest BCUT2D eigenvalue weighted by Gasteiger charge is -2.06. The molecule has 2 aromatic carbocycles. The van der Waals surface area contributed by atoms with Crippen molar-refractivity contribution in [1.82, 2.24) is 0 Å². The van der Waals surface area contributed by atoms with E-state index in [1.165, 1.54) is 11.1 Å². The van der Waals surface area contributed by atoms with Gasteiger partial charge in [0, 0.05) is 5.02 Å². The van der Waals surface area contributed by atoms with Gasteiger partial charge in [-0.25, -0.2) is 0 Å². The van der Waals surface area contributed by atoms with Crippen molar-refractivity contribution in [1.29, 1.82) is 0 Å². The topological polar surface area (TPSA) is 0 Å². The van der Waals surface area contributed by atoms with Crippen molar-refractivity contribution in [3.63, 3.8) is 0 Å². The number of rotatable bonds is 2. The average Bonchev–Trinajstić information content (AvgIpc) is 2.29. The van der Waals surface area contributed by atoms with E-state index in [2.05, 4.69) is 56.1 Å². The molecule has 0 radical (unpaired) electrons. The van der Waals surface area contributed by atoms with Gasteiger partial charge in [-0.05, 0) is 34.9 Å². The first-order valence-electron chi connectivity index (χ1n) is 4.81. The SMILES string of the molecule is Clc1cccc(-c2cccc(C(Br)Br)c2)c1. The minimum Gasteiger partial charge on any atom is -0.0843 e. The minimum absolute atomic E-state index is 0.180. The van der Waals surface area contributed by atoms with Gasteiger partial charge >= 0.3 is 0 Å². The highest BCUT2D eigenvalue weighted by atomic mass is 79.9. The van der Waals surface area contributed by atoms with E-state index < -0.39 is 0 Å². The molecule has 0 aliphatic rings. The molecule has 0 N–H and O–H groups in total. The molecule has 2 aromatic rings. The Kier molecular flexibility index (Phi) is 4.06. The van der Waals surface area contributed by atoms with Gasteiger partial charge in [0.25, 0.3) is 0 Å². The van der Waals surface area contributed by atoms with E-state index in [1.54, 1.807) is 0 Å². The van der Waals surface area contributed by atoms with E-state index >= 15 is 0 Å². The van der Waals surface area contributed by atoms with E-state index in [9.17, 15) is 0 Å². The zero-order valence-corrected chi connectivity index (χ0v) is 12.3. The third-order valence-corrected chi connectivity index (χ3v) is 3.59. The molecule has 3 heteroatoms. The lowest BCUT2D eigenvalue weighted by atomic mass is 10.0. The molecular formula is C13H9Br2Cl. The molecule has 0 fully saturated rings. The van der Waals surface area contributed by atoms with E-state index in [0.29, 0.717) is 0 Å². The Balaban J connectivity index is 2.44. The number of benzene rings is 2. The largest absolute Gasteiger partial charge is 0.0946 e. The second kappa shape index (κ2) is 5.35. The summed E-state index contributed by atoms with van der Waals surface area (Å²) in [6.45, 7) is 0. The molecule has 0 amide bonds. The van der Waals surface area contributed by atoms with Gasteiger partial charge in [0.2, 0.25) is 0 Å². The quantitative estimate of drug-likeness (QED) is 0.594. The highest BCUT2D eigenvalue weighted by molar-refractivity contribution is 9.24. The van der Waals surface area contributed by atoms with Crippen LogP contribution in [0.3, 0.4) is 0 Å². The molecule has 0 aliphatic carbocycles. The molecule has 0 spiro atoms. The number of hydrogen-bond acceptors (Lipinski definition) is 0. The maximum atomic E-state index is 5.98. The van der Waals surface area contributed by atoms with Gasteiger partial charge in [0.05, 0.1) is 3.74 Å². The fraction of sp³-hybridized carbons (Fsp3) is 0.0769. The second-order valence-corrected chi connectivity index (χ2v) is 6.93. The van der Waals surface area contributed by atoms with Crippen LogP contribution in [0, 0.1) is 0 Å². The molecule has 0 saturated carbocycles. The van der Waals surface area contributed by atoms with Crippen molar-refractivity contribution in [2.24, 2.45) is 0 Å². The molecule has 2 rings (SSSR count). The van der Waals surface area contributed by atoms with E-state index in [0.717, 1.165) is 10.6 Å². The molecule has 0 aromatic heterocycles. The van der Waals surface area contributed by atoms with Crippen molar-refractivity contribution in [3.8, 4) is 11.1 Å². The summed E-state index contributed by atoms with van der Waals surface area (Å²) in [6, 6.07) is 16.2. The summed E-state index contributed by atoms with van der Waals surface area (Å²) in [7, 11) is 0. The molecule has 0 atom stereocenters. The van der Waals surface area contributed by atoms with Crippen molar-refractivity contribution < 1.29 is 0 Å². The Bertz CT molecular complexity index is 495. The van der Waals surface area contributed by atoms with Gasteiger partial charge < -0.3 is 0 Å². The molecule has 0 heterocycles. The molecule has 82 valence electrons. The van der Waals surface area contributed by atoms with E-state index in [4.69, 9.17) is 11.6 Å². The number of hydrogen-bond donors (Lipinski definition) is 0. The summed E-state index contributed by atoms with van der Waals surface area (Å²) in [5.74, 6) is 0. The zero-order chi connectivity index (χ0) is 11.5. The summed E-state index contributed by atoms with van der Waals surface area (Å²) in [6.07, 6.45) is 0. The van der Waals surface area contributed by atoms with Crippen LogP contribution in [0.5, 0.6) is 0 Å². The van der Waals surface area contributed by atoms with Crippen LogP contribution in [0.2, 0.25) is 5.02 Å². The monoisotopic (exact) mass is 358 g/mol. The van der Waals surface area contributed by atoms with Crippen molar-refractivity contribution in [2.75, 3.05) is 0 Å². The van der Waals surface area contributed by atoms with Gasteiger partial charge in [-0.1, -0.05) is 73.8 Å². The van der Waals surface area contributed by atoms with Gasteiger partial charge in [0.15, 0.2) is 0 Å². The summed E-state index contributed by atoms with van der Waals surface area (Å²) in [5, 5.41) is 0.761. The first-order valence-corrected chi connectivity index (χ1v) is 7.02. The third kappa shape index (κ3) is 2.88. The van der Waals surface area contributed by atoms with Crippen molar-refractivity contribution in [2.45, 2.75) is 3.74 Å². The zero-order valence-electron chi connectivity index (χ0n) is 8.33. The predicted octanol–water partition coefficient (Wildman–Crippen LogP) is 5.80. The lowest BCUT2D eigenvalue weighted by molar-refractivity contribution is 1.42. The van der Waals surface area contributed by atoms with Gasteiger partial charge in [-0.2, -0.15) is 0 Å². The molecule has 16 heavy (non-hydrogen) atoms. The molecule has 0 aliphatic heterocycles. The first-order chi connectivity index (χ1) is 7.66. The number of alkyl halides is 2. The maximum absolute atomic E-state index is 5.98. The molecule has 0 nitrogen and oxygen atoms in total. The lowest BCUT2D eigenvalue weighted by Crippen LogP contribution is -1.83. The highest BCUT2D eigenvalue weighted by Gasteiger charge is 2.04. The fourth-order valence-electron chi connectivity index (χ4n) is 1.52. The van der Waals surface area contributed by atoms with E-state index in [-0.39, 0.29) is 3.74 Å². The Morgan fingerprint density at radius 3 is 2.12 bits per heavy atom. The second-order valence-electron chi connectivity index (χ2n) is 3.44. The molecule has 0 bridgehead atoms. The van der Waals surface area contributed by atoms with Gasteiger partial charge in [-0.3, -0.25) is 0 Å². The average molecular weight is 360 g/mol. The van der Waals surface area contributed by atoms with Crippen LogP contribution in [-0.4, -0.2) is 0 Å². The van der Waals surface area contributed by atoms with Gasteiger partial charge in [-0.15, -0.1) is 0 Å². The molecular weight excluding hydrogens is 351 g/mol. The molecule has 0 unspecified atom stereocenters. The normalized spacial score (nSPS) is 10.8. The van der Waals surface area contributed by atoms with Crippen molar-refractivity contribution >= 4 is 43.5 Å². The molecule has 0 saturated heterocycles. The van der Waals surface area contributed by atoms with Crippen LogP contribution in [0.1, 0.15) is 9.30 Å². The number of halogens is 3. The Labute approximate surface area is 117 Å². The van der Waals surface area contributed by atoms with Crippen LogP contribution >= 0.6 is 43.5 Å². The Morgan fingerprint density at radius 1 is 0.875 bits per heavy atom. The summed E-state index contributed by atoms with van der Waals surface area (Å²) in [5.41, 5.74) is 3.50. The summed E-state index contributed by atoms with van der Waals surface area (Å²) >= 11 is 13.0. The van der Waals surface area contributed by atoms with Crippen molar-refractivity contribution in [3.05, 3.63) is 59.1 Å². The van der Waals surface area contributed by atoms with Crippen LogP contribution in [0.15, 0.2) is 48.5 Å². The van der Waals surface area contributed by atoms with E-state index in [1.807, 2.05) is 24.3 Å². The summed E-state index contributed by atoms with van der Waals surface area (Å²) in [4.78, 5) is 0. The van der Waals surface area contributed by atoms with Crippen LogP contribution < -0.4 is 0 Å².